The van der Waals surface area contributed by atoms with Gasteiger partial charge in [0.1, 0.15) is 31.0 Å². The highest BCUT2D eigenvalue weighted by Crippen LogP contribution is 2.35. The zero-order valence-corrected chi connectivity index (χ0v) is 13.0. The van der Waals surface area contributed by atoms with Crippen LogP contribution in [0.2, 0.25) is 0 Å². The Kier molecular flexibility index (Phi) is 11.4. The smallest absolute Gasteiger partial charge is 0.388 e. The molecule has 0 saturated heterocycles. The Hall–Kier alpha value is -0.310. The van der Waals surface area contributed by atoms with Gasteiger partial charge in [-0.2, -0.15) is 0 Å². The maximum atomic E-state index is 10.8. The Balaban J connectivity index is 0. The van der Waals surface area contributed by atoms with Crippen LogP contribution >= 0.6 is 15.6 Å². The third kappa shape index (κ3) is 15.0. The van der Waals surface area contributed by atoms with Gasteiger partial charge in [0.2, 0.25) is 0 Å². The molecule has 14 nitrogen and oxygen atoms in total. The first kappa shape index (κ1) is 24.9. The third-order valence-electron chi connectivity index (χ3n) is 1.97. The Morgan fingerprint density at radius 2 is 1.30 bits per heavy atom. The summed E-state index contributed by atoms with van der Waals surface area (Å²) in [7, 11) is -9.50. The predicted octanol–water partition coefficient (Wildman–Crippen LogP) is -4.83. The second-order valence-corrected chi connectivity index (χ2v) is 6.18. The summed E-state index contributed by atoms with van der Waals surface area (Å²) in [5, 5.41) is 45.2. The fraction of sp³-hybridized carbons (Fsp3) is 0.857. The van der Waals surface area contributed by atoms with Gasteiger partial charge in [0, 0.05) is 0 Å². The number of aliphatic hydroxyl groups is 5. The Morgan fingerprint density at radius 3 is 1.61 bits per heavy atom. The minimum atomic E-state index is -4.86. The lowest BCUT2D eigenvalue weighted by Crippen LogP contribution is -2.49. The van der Waals surface area contributed by atoms with E-state index in [9.17, 15) is 24.7 Å². The van der Waals surface area contributed by atoms with Crippen molar-refractivity contribution in [3.05, 3.63) is 0 Å². The summed E-state index contributed by atoms with van der Waals surface area (Å²) >= 11 is 0. The van der Waals surface area contributed by atoms with Crippen LogP contribution in [-0.4, -0.2) is 93.4 Å². The maximum absolute atomic E-state index is 10.8. The third-order valence-corrected chi connectivity index (χ3v) is 2.45. The molecule has 10 N–H and O–H groups in total. The van der Waals surface area contributed by atoms with Crippen LogP contribution < -0.4 is 0 Å². The minimum Gasteiger partial charge on any atom is -0.388 e. The lowest BCUT2D eigenvalue weighted by atomic mass is 10.0. The van der Waals surface area contributed by atoms with E-state index in [0.717, 1.165) is 0 Å². The van der Waals surface area contributed by atoms with E-state index in [1.165, 1.54) is 0 Å². The molecule has 0 aliphatic rings. The summed E-state index contributed by atoms with van der Waals surface area (Å²) in [6, 6.07) is 0. The lowest BCUT2D eigenvalue weighted by molar-refractivity contribution is -0.149. The molecule has 0 bridgehead atoms. The summed E-state index contributed by atoms with van der Waals surface area (Å²) in [5.74, 6) is -1.19. The summed E-state index contributed by atoms with van der Waals surface area (Å²) in [5.41, 5.74) is 0. The van der Waals surface area contributed by atoms with E-state index in [1.807, 2.05) is 0 Å². The predicted molar refractivity (Wildman–Crippen MR) is 68.4 cm³/mol. The first-order chi connectivity index (χ1) is 10.1. The van der Waals surface area contributed by atoms with Crippen molar-refractivity contribution in [3.63, 3.8) is 0 Å². The zero-order valence-electron chi connectivity index (χ0n) is 11.2. The number of rotatable bonds is 8. The molecule has 0 fully saturated rings. The van der Waals surface area contributed by atoms with Crippen LogP contribution in [0.3, 0.4) is 0 Å². The van der Waals surface area contributed by atoms with Gasteiger partial charge >= 0.3 is 15.6 Å². The topological polar surface area (TPSA) is 263 Å². The van der Waals surface area contributed by atoms with Gasteiger partial charge in [0.25, 0.3) is 0 Å². The maximum Gasteiger partial charge on any atom is 0.469 e. The fourth-order valence-corrected chi connectivity index (χ4v) is 1.32. The molecule has 140 valence electrons. The molecule has 0 aromatic rings. The van der Waals surface area contributed by atoms with E-state index >= 15 is 0 Å². The van der Waals surface area contributed by atoms with Crippen molar-refractivity contribution in [1.29, 1.82) is 0 Å². The second-order valence-electron chi connectivity index (χ2n) is 3.92. The van der Waals surface area contributed by atoms with Gasteiger partial charge in [-0.15, -0.1) is 0 Å². The molecule has 0 heterocycles. The highest BCUT2D eigenvalue weighted by molar-refractivity contribution is 7.46. The number of ketones is 1. The molecular formula is C7H18O14P2. The second kappa shape index (κ2) is 10.5. The van der Waals surface area contributed by atoms with Crippen molar-refractivity contribution in [2.45, 2.75) is 24.4 Å². The molecule has 16 heteroatoms. The summed E-state index contributed by atoms with van der Waals surface area (Å²) in [6.07, 6.45) is -8.33. The number of aliphatic hydroxyl groups excluding tert-OH is 5. The van der Waals surface area contributed by atoms with E-state index in [0.29, 0.717) is 0 Å². The molecule has 4 atom stereocenters. The van der Waals surface area contributed by atoms with Crippen molar-refractivity contribution < 1.29 is 68.4 Å². The molecule has 0 saturated carbocycles. The van der Waals surface area contributed by atoms with Gasteiger partial charge in [0.05, 0.1) is 6.61 Å². The molecule has 0 aliphatic carbocycles. The number of Topliss-reactive ketones (excluding diaryl/α,β-unsaturated/α-hetero) is 1. The van der Waals surface area contributed by atoms with Gasteiger partial charge in [-0.05, 0) is 0 Å². The van der Waals surface area contributed by atoms with Gasteiger partial charge in [0.15, 0.2) is 5.78 Å². The van der Waals surface area contributed by atoms with Crippen molar-refractivity contribution in [3.8, 4) is 0 Å². The standard InChI is InChI=1S/C7H15O10P.H3O4P/c8-1-3(9)5(11)7(13)6(12)4(10)2-17-18(14,15)16;1-5(2,3)4/h4-8,10-13H,1-2H2,(H2,14,15,16);(H3,1,2,3,4)/t4-,5-,6-,7+;/m1./s1. The number of carbonyl (C=O) groups excluding carboxylic acids is 1. The van der Waals surface area contributed by atoms with Crippen molar-refractivity contribution >= 4 is 21.4 Å². The fourth-order valence-electron chi connectivity index (χ4n) is 0.970. The number of hydrogen-bond acceptors (Lipinski definition) is 9. The normalized spacial score (nSPS) is 17.5. The minimum absolute atomic E-state index is 1.03. The van der Waals surface area contributed by atoms with Crippen LogP contribution in [0.4, 0.5) is 0 Å². The Bertz CT molecular complexity index is 432. The highest BCUT2D eigenvalue weighted by atomic mass is 31.2. The van der Waals surface area contributed by atoms with Crippen LogP contribution in [0.25, 0.3) is 0 Å². The molecule has 0 aliphatic heterocycles. The van der Waals surface area contributed by atoms with Crippen molar-refractivity contribution in [1.82, 2.24) is 0 Å². The number of phosphoric acid groups is 2. The number of phosphoric ester groups is 1. The molecule has 0 amide bonds. The van der Waals surface area contributed by atoms with Crippen LogP contribution in [0.1, 0.15) is 0 Å². The van der Waals surface area contributed by atoms with Gasteiger partial charge in [-0.1, -0.05) is 0 Å². The van der Waals surface area contributed by atoms with E-state index in [2.05, 4.69) is 4.52 Å². The lowest BCUT2D eigenvalue weighted by Gasteiger charge is -2.25. The first-order valence-corrected chi connectivity index (χ1v) is 8.54. The quantitative estimate of drug-likeness (QED) is 0.175. The average Bonchev–Trinajstić information content (AvgIpc) is 2.38. The van der Waals surface area contributed by atoms with Crippen LogP contribution in [0, 0.1) is 0 Å². The average molecular weight is 388 g/mol. The molecule has 0 aromatic heterocycles. The van der Waals surface area contributed by atoms with Gasteiger partial charge in [-0.3, -0.25) is 9.32 Å². The Labute approximate surface area is 128 Å². The molecule has 0 aromatic carbocycles. The highest BCUT2D eigenvalue weighted by Gasteiger charge is 2.34. The summed E-state index contributed by atoms with van der Waals surface area (Å²) in [4.78, 5) is 49.0. The largest absolute Gasteiger partial charge is 0.469 e. The zero-order chi connectivity index (χ0) is 19.0. The molecule has 0 unspecified atom stereocenters. The van der Waals surface area contributed by atoms with Crippen LogP contribution in [0.5, 0.6) is 0 Å². The van der Waals surface area contributed by atoms with E-state index in [-0.39, 0.29) is 0 Å². The number of hydrogen-bond donors (Lipinski definition) is 10. The van der Waals surface area contributed by atoms with E-state index in [1.54, 1.807) is 0 Å². The Morgan fingerprint density at radius 1 is 0.913 bits per heavy atom. The number of carbonyl (C=O) groups is 1. The van der Waals surface area contributed by atoms with E-state index in [4.69, 9.17) is 39.2 Å². The van der Waals surface area contributed by atoms with Crippen LogP contribution in [0.15, 0.2) is 0 Å². The van der Waals surface area contributed by atoms with Crippen molar-refractivity contribution in [2.24, 2.45) is 0 Å². The van der Waals surface area contributed by atoms with Crippen LogP contribution in [-0.2, 0) is 18.4 Å². The molecule has 0 rings (SSSR count). The molecule has 0 spiro atoms. The molecule has 0 radical (unpaired) electrons. The first-order valence-electron chi connectivity index (χ1n) is 5.44. The summed E-state index contributed by atoms with van der Waals surface area (Å²) < 4.78 is 23.0. The van der Waals surface area contributed by atoms with Crippen molar-refractivity contribution in [2.75, 3.05) is 13.2 Å². The summed E-state index contributed by atoms with van der Waals surface area (Å²) in [6.45, 7) is -2.11. The SMILES string of the molecule is O=C(CO)[C@@H](O)[C@H](O)[C@H](O)[C@H](O)COP(=O)(O)O.O=P(O)(O)O. The van der Waals surface area contributed by atoms with Gasteiger partial charge < -0.3 is 50.0 Å². The van der Waals surface area contributed by atoms with E-state index < -0.39 is 59.1 Å². The van der Waals surface area contributed by atoms with Gasteiger partial charge in [-0.25, -0.2) is 9.13 Å². The molecule has 23 heavy (non-hydrogen) atoms. The molecular weight excluding hydrogens is 370 g/mol. The monoisotopic (exact) mass is 388 g/mol.